The number of hydrogen-bond acceptors (Lipinski definition) is 5. The van der Waals surface area contributed by atoms with E-state index >= 15 is 0 Å². The second-order valence-electron chi connectivity index (χ2n) is 6.28. The number of anilines is 2. The molecule has 0 atom stereocenters. The lowest BCUT2D eigenvalue weighted by atomic mass is 10.3. The van der Waals surface area contributed by atoms with Crippen LogP contribution in [0, 0.1) is 0 Å². The zero-order valence-corrected chi connectivity index (χ0v) is 15.7. The lowest BCUT2D eigenvalue weighted by Crippen LogP contribution is -2.27. The first kappa shape index (κ1) is 18.3. The summed E-state index contributed by atoms with van der Waals surface area (Å²) in [4.78, 5) is 2.35. The van der Waals surface area contributed by atoms with Gasteiger partial charge in [-0.05, 0) is 49.5 Å². The fourth-order valence-electron chi connectivity index (χ4n) is 2.97. The molecule has 1 aliphatic heterocycles. The van der Waals surface area contributed by atoms with Crippen molar-refractivity contribution in [2.24, 2.45) is 5.10 Å². The SMILES string of the molecule is CCN(CC)CCOc1ccc(NC2=NN(c3ccccc3)CC2)cc1. The first-order chi connectivity index (χ1) is 12.8. The van der Waals surface area contributed by atoms with Gasteiger partial charge in [-0.1, -0.05) is 32.0 Å². The Bertz CT molecular complexity index is 696. The highest BCUT2D eigenvalue weighted by Crippen LogP contribution is 2.21. The summed E-state index contributed by atoms with van der Waals surface area (Å²) < 4.78 is 5.83. The van der Waals surface area contributed by atoms with Crippen LogP contribution in [0.15, 0.2) is 59.7 Å². The predicted octanol–water partition coefficient (Wildman–Crippen LogP) is 4.04. The number of benzene rings is 2. The third kappa shape index (κ3) is 4.99. The molecule has 5 nitrogen and oxygen atoms in total. The summed E-state index contributed by atoms with van der Waals surface area (Å²) in [5, 5.41) is 10.1. The van der Waals surface area contributed by atoms with Crippen molar-refractivity contribution in [3.63, 3.8) is 0 Å². The van der Waals surface area contributed by atoms with Gasteiger partial charge in [0.1, 0.15) is 18.2 Å². The van der Waals surface area contributed by atoms with Gasteiger partial charge in [-0.25, -0.2) is 0 Å². The monoisotopic (exact) mass is 352 g/mol. The van der Waals surface area contributed by atoms with Gasteiger partial charge >= 0.3 is 0 Å². The van der Waals surface area contributed by atoms with Crippen molar-refractivity contribution in [2.75, 3.05) is 43.1 Å². The Morgan fingerprint density at radius 1 is 1.04 bits per heavy atom. The van der Waals surface area contributed by atoms with Gasteiger partial charge in [0, 0.05) is 25.2 Å². The van der Waals surface area contributed by atoms with Crippen LogP contribution in [-0.2, 0) is 0 Å². The Hall–Kier alpha value is -2.53. The van der Waals surface area contributed by atoms with Crippen LogP contribution in [-0.4, -0.2) is 43.5 Å². The second kappa shape index (κ2) is 9.25. The minimum atomic E-state index is 0.715. The van der Waals surface area contributed by atoms with E-state index in [-0.39, 0.29) is 0 Å². The fraction of sp³-hybridized carbons (Fsp3) is 0.381. The topological polar surface area (TPSA) is 40.1 Å². The van der Waals surface area contributed by atoms with E-state index in [0.29, 0.717) is 6.61 Å². The number of hydrazone groups is 1. The molecule has 0 amide bonds. The van der Waals surface area contributed by atoms with Gasteiger partial charge in [0.25, 0.3) is 0 Å². The molecule has 0 saturated heterocycles. The molecule has 0 spiro atoms. The van der Waals surface area contributed by atoms with Gasteiger partial charge in [-0.3, -0.25) is 5.01 Å². The maximum absolute atomic E-state index is 5.83. The summed E-state index contributed by atoms with van der Waals surface area (Å²) in [5.41, 5.74) is 2.16. The summed E-state index contributed by atoms with van der Waals surface area (Å²) in [6, 6.07) is 18.4. The molecular weight excluding hydrogens is 324 g/mol. The molecule has 26 heavy (non-hydrogen) atoms. The molecule has 1 N–H and O–H groups in total. The maximum atomic E-state index is 5.83. The van der Waals surface area contributed by atoms with Crippen LogP contribution in [0.3, 0.4) is 0 Å². The molecule has 0 saturated carbocycles. The van der Waals surface area contributed by atoms with E-state index in [1.807, 2.05) is 47.5 Å². The van der Waals surface area contributed by atoms with E-state index in [1.54, 1.807) is 0 Å². The maximum Gasteiger partial charge on any atom is 0.129 e. The molecule has 1 heterocycles. The van der Waals surface area contributed by atoms with Crippen molar-refractivity contribution >= 4 is 17.2 Å². The van der Waals surface area contributed by atoms with Crippen LogP contribution < -0.4 is 15.1 Å². The highest BCUT2D eigenvalue weighted by molar-refractivity contribution is 5.97. The van der Waals surface area contributed by atoms with Gasteiger partial charge in [0.2, 0.25) is 0 Å². The summed E-state index contributed by atoms with van der Waals surface area (Å²) in [6.07, 6.45) is 0.914. The number of amidine groups is 1. The van der Waals surface area contributed by atoms with E-state index in [4.69, 9.17) is 4.74 Å². The summed E-state index contributed by atoms with van der Waals surface area (Å²) in [7, 11) is 0. The van der Waals surface area contributed by atoms with E-state index in [1.165, 1.54) is 0 Å². The van der Waals surface area contributed by atoms with Gasteiger partial charge in [-0.2, -0.15) is 5.10 Å². The first-order valence-corrected chi connectivity index (χ1v) is 9.40. The average molecular weight is 352 g/mol. The van der Waals surface area contributed by atoms with Gasteiger partial charge < -0.3 is 15.0 Å². The molecule has 1 aliphatic rings. The third-order valence-corrected chi connectivity index (χ3v) is 4.57. The molecule has 0 fully saturated rings. The summed E-state index contributed by atoms with van der Waals surface area (Å²) in [6.45, 7) is 9.05. The van der Waals surface area contributed by atoms with Crippen molar-refractivity contribution in [1.29, 1.82) is 0 Å². The van der Waals surface area contributed by atoms with Crippen LogP contribution >= 0.6 is 0 Å². The van der Waals surface area contributed by atoms with Crippen molar-refractivity contribution < 1.29 is 4.74 Å². The van der Waals surface area contributed by atoms with Crippen molar-refractivity contribution in [3.8, 4) is 5.75 Å². The molecule has 2 aromatic rings. The molecular formula is C21H28N4O. The van der Waals surface area contributed by atoms with E-state index < -0.39 is 0 Å². The Balaban J connectivity index is 1.50. The Labute approximate surface area is 156 Å². The fourth-order valence-corrected chi connectivity index (χ4v) is 2.97. The normalized spacial score (nSPS) is 13.8. The smallest absolute Gasteiger partial charge is 0.129 e. The Morgan fingerprint density at radius 3 is 2.46 bits per heavy atom. The van der Waals surface area contributed by atoms with Crippen molar-refractivity contribution in [2.45, 2.75) is 20.3 Å². The minimum absolute atomic E-state index is 0.715. The number of nitrogens with one attached hydrogen (secondary N) is 1. The van der Waals surface area contributed by atoms with E-state index in [9.17, 15) is 0 Å². The first-order valence-electron chi connectivity index (χ1n) is 9.40. The highest BCUT2D eigenvalue weighted by atomic mass is 16.5. The number of rotatable bonds is 8. The van der Waals surface area contributed by atoms with Crippen molar-refractivity contribution in [1.82, 2.24) is 4.90 Å². The highest BCUT2D eigenvalue weighted by Gasteiger charge is 2.15. The molecule has 138 valence electrons. The molecule has 5 heteroatoms. The summed E-state index contributed by atoms with van der Waals surface area (Å²) >= 11 is 0. The quantitative estimate of drug-likeness (QED) is 0.778. The third-order valence-electron chi connectivity index (χ3n) is 4.57. The summed E-state index contributed by atoms with van der Waals surface area (Å²) in [5.74, 6) is 1.89. The molecule has 2 aromatic carbocycles. The number of ether oxygens (including phenoxy) is 1. The number of nitrogens with zero attached hydrogens (tertiary/aromatic N) is 3. The standard InChI is InChI=1S/C21H28N4O/c1-3-24(4-2)16-17-26-20-12-10-18(11-13-20)22-21-14-15-25(23-21)19-8-6-5-7-9-19/h5-13H,3-4,14-17H2,1-2H3,(H,22,23). The van der Waals surface area contributed by atoms with Crippen LogP contribution in [0.4, 0.5) is 11.4 Å². The second-order valence-corrected chi connectivity index (χ2v) is 6.28. The molecule has 0 radical (unpaired) electrons. The number of para-hydroxylation sites is 1. The zero-order valence-electron chi connectivity index (χ0n) is 15.7. The Kier molecular flexibility index (Phi) is 6.50. The lowest BCUT2D eigenvalue weighted by molar-refractivity contribution is 0.223. The lowest BCUT2D eigenvalue weighted by Gasteiger charge is -2.18. The largest absolute Gasteiger partial charge is 0.492 e. The molecule has 0 aliphatic carbocycles. The molecule has 0 bridgehead atoms. The minimum Gasteiger partial charge on any atom is -0.492 e. The number of hydrogen-bond donors (Lipinski definition) is 1. The van der Waals surface area contributed by atoms with Crippen LogP contribution in [0.2, 0.25) is 0 Å². The van der Waals surface area contributed by atoms with Gasteiger partial charge in [-0.15, -0.1) is 0 Å². The molecule has 0 aromatic heterocycles. The Morgan fingerprint density at radius 2 is 1.77 bits per heavy atom. The molecule has 3 rings (SSSR count). The van der Waals surface area contributed by atoms with Crippen molar-refractivity contribution in [3.05, 3.63) is 54.6 Å². The van der Waals surface area contributed by atoms with E-state index in [2.05, 4.69) is 41.3 Å². The van der Waals surface area contributed by atoms with Crippen LogP contribution in [0.25, 0.3) is 0 Å². The van der Waals surface area contributed by atoms with Gasteiger partial charge in [0.05, 0.1) is 5.69 Å². The van der Waals surface area contributed by atoms with Crippen LogP contribution in [0.1, 0.15) is 20.3 Å². The van der Waals surface area contributed by atoms with Crippen LogP contribution in [0.5, 0.6) is 5.75 Å². The molecule has 0 unspecified atom stereocenters. The van der Waals surface area contributed by atoms with Gasteiger partial charge in [0.15, 0.2) is 0 Å². The number of likely N-dealkylation sites (N-methyl/N-ethyl adjacent to an activating group) is 1. The average Bonchev–Trinajstić information content (AvgIpc) is 3.16. The van der Waals surface area contributed by atoms with E-state index in [0.717, 1.165) is 55.6 Å². The zero-order chi connectivity index (χ0) is 18.2. The predicted molar refractivity (Wildman–Crippen MR) is 109 cm³/mol.